The van der Waals surface area contributed by atoms with E-state index in [-0.39, 0.29) is 29.9 Å². The van der Waals surface area contributed by atoms with Crippen molar-refractivity contribution in [3.05, 3.63) is 16.1 Å². The average molecular weight is 483 g/mol. The normalized spacial score (nSPS) is 17.2. The molecule has 1 aromatic rings. The van der Waals surface area contributed by atoms with Gasteiger partial charge in [0.25, 0.3) is 5.91 Å². The molecule has 0 spiro atoms. The number of thioether (sulfide) groups is 1. The Labute approximate surface area is 169 Å². The van der Waals surface area contributed by atoms with Crippen molar-refractivity contribution in [3.63, 3.8) is 0 Å². The highest BCUT2D eigenvalue weighted by Crippen LogP contribution is 2.25. The first-order valence-corrected chi connectivity index (χ1v) is 9.95. The first-order valence-electron chi connectivity index (χ1n) is 8.02. The van der Waals surface area contributed by atoms with Crippen LogP contribution in [0.3, 0.4) is 0 Å². The third-order valence-electron chi connectivity index (χ3n) is 3.48. The van der Waals surface area contributed by atoms with E-state index in [0.717, 1.165) is 24.7 Å². The summed E-state index contributed by atoms with van der Waals surface area (Å²) in [6, 6.07) is 0. The van der Waals surface area contributed by atoms with Crippen LogP contribution in [0.1, 0.15) is 35.1 Å². The van der Waals surface area contributed by atoms with Gasteiger partial charge in [-0.2, -0.15) is 11.8 Å². The predicted molar refractivity (Wildman–Crippen MR) is 114 cm³/mol. The number of hydrogen-bond acceptors (Lipinski definition) is 5. The summed E-state index contributed by atoms with van der Waals surface area (Å²) in [7, 11) is 0. The van der Waals surface area contributed by atoms with Gasteiger partial charge in [-0.15, -0.1) is 35.3 Å². The zero-order valence-electron chi connectivity index (χ0n) is 14.1. The van der Waals surface area contributed by atoms with Gasteiger partial charge in [0.05, 0.1) is 17.7 Å². The maximum absolute atomic E-state index is 12.0. The fraction of sp³-hybridized carbons (Fsp3) is 0.667. The Morgan fingerprint density at radius 3 is 2.79 bits per heavy atom. The molecule has 0 aromatic carbocycles. The maximum atomic E-state index is 12.0. The molecule has 0 aliphatic carbocycles. The lowest BCUT2D eigenvalue weighted by atomic mass is 10.2. The largest absolute Gasteiger partial charge is 0.357 e. The first kappa shape index (κ1) is 21.5. The van der Waals surface area contributed by atoms with E-state index in [1.54, 1.807) is 5.51 Å². The predicted octanol–water partition coefficient (Wildman–Crippen LogP) is 2.25. The smallest absolute Gasteiger partial charge is 0.263 e. The average Bonchev–Trinajstić information content (AvgIpc) is 3.20. The van der Waals surface area contributed by atoms with E-state index in [2.05, 4.69) is 32.9 Å². The molecule has 6 nitrogen and oxygen atoms in total. The summed E-state index contributed by atoms with van der Waals surface area (Å²) < 4.78 is 0. The lowest BCUT2D eigenvalue weighted by molar-refractivity contribution is 0.0957. The lowest BCUT2D eigenvalue weighted by Crippen LogP contribution is -2.41. The summed E-state index contributed by atoms with van der Waals surface area (Å²) in [4.78, 5) is 21.4. The zero-order valence-corrected chi connectivity index (χ0v) is 18.1. The Balaban J connectivity index is 0.00000288. The molecule has 1 saturated heterocycles. The minimum absolute atomic E-state index is 0. The molecule has 136 valence electrons. The SMILES string of the molecule is CCNC(=NCC1CCCS1)NCCNC(=O)c1scnc1C.I. The molecular formula is C15H26IN5OS2. The molecular weight excluding hydrogens is 457 g/mol. The van der Waals surface area contributed by atoms with Gasteiger partial charge in [0.2, 0.25) is 0 Å². The molecule has 1 fully saturated rings. The Kier molecular flexibility index (Phi) is 10.7. The van der Waals surface area contributed by atoms with Crippen LogP contribution in [-0.2, 0) is 0 Å². The van der Waals surface area contributed by atoms with Gasteiger partial charge in [-0.1, -0.05) is 0 Å². The molecule has 2 heterocycles. The Morgan fingerprint density at radius 2 is 2.17 bits per heavy atom. The Hall–Kier alpha value is -0.550. The van der Waals surface area contributed by atoms with E-state index in [9.17, 15) is 4.79 Å². The summed E-state index contributed by atoms with van der Waals surface area (Å²) in [5.41, 5.74) is 2.48. The van der Waals surface area contributed by atoms with Gasteiger partial charge in [0.1, 0.15) is 4.88 Å². The fourth-order valence-electron chi connectivity index (χ4n) is 2.28. The number of aryl methyl sites for hydroxylation is 1. The van der Waals surface area contributed by atoms with Crippen molar-refractivity contribution < 1.29 is 4.79 Å². The molecule has 2 rings (SSSR count). The fourth-order valence-corrected chi connectivity index (χ4v) is 4.18. The first-order chi connectivity index (χ1) is 11.2. The number of rotatable bonds is 7. The van der Waals surface area contributed by atoms with Crippen LogP contribution in [0.4, 0.5) is 0 Å². The maximum Gasteiger partial charge on any atom is 0.263 e. The van der Waals surface area contributed by atoms with Gasteiger partial charge in [-0.05, 0) is 32.4 Å². The molecule has 1 aliphatic rings. The molecule has 1 atom stereocenters. The second-order valence-corrected chi connectivity index (χ2v) is 7.57. The highest BCUT2D eigenvalue weighted by molar-refractivity contribution is 14.0. The van der Waals surface area contributed by atoms with Crippen molar-refractivity contribution in [1.29, 1.82) is 0 Å². The number of carbonyl (C=O) groups is 1. The van der Waals surface area contributed by atoms with Crippen LogP contribution < -0.4 is 16.0 Å². The number of guanidine groups is 1. The molecule has 9 heteroatoms. The van der Waals surface area contributed by atoms with Crippen molar-refractivity contribution >= 4 is 58.9 Å². The number of amides is 1. The Morgan fingerprint density at radius 1 is 1.38 bits per heavy atom. The lowest BCUT2D eigenvalue weighted by Gasteiger charge is -2.13. The summed E-state index contributed by atoms with van der Waals surface area (Å²) in [6.07, 6.45) is 2.57. The summed E-state index contributed by atoms with van der Waals surface area (Å²) in [5.74, 6) is 2.02. The minimum atomic E-state index is -0.0592. The van der Waals surface area contributed by atoms with E-state index in [1.807, 2.05) is 18.7 Å². The summed E-state index contributed by atoms with van der Waals surface area (Å²) >= 11 is 3.38. The molecule has 1 aromatic heterocycles. The van der Waals surface area contributed by atoms with Crippen molar-refractivity contribution in [1.82, 2.24) is 20.9 Å². The molecule has 1 unspecified atom stereocenters. The second kappa shape index (κ2) is 11.9. The van der Waals surface area contributed by atoms with Crippen molar-refractivity contribution in [2.75, 3.05) is 31.9 Å². The van der Waals surface area contributed by atoms with Gasteiger partial charge >= 0.3 is 0 Å². The van der Waals surface area contributed by atoms with E-state index in [0.29, 0.717) is 23.2 Å². The zero-order chi connectivity index (χ0) is 16.5. The van der Waals surface area contributed by atoms with Crippen LogP contribution in [0.2, 0.25) is 0 Å². The standard InChI is InChI=1S/C15H25N5OS2.HI/c1-3-16-15(19-9-12-5-4-8-22-12)18-7-6-17-14(21)13-11(2)20-10-23-13;/h10,12H,3-9H2,1-2H3,(H,17,21)(H2,16,18,19);1H. The molecule has 3 N–H and O–H groups in total. The third kappa shape index (κ3) is 7.14. The Bertz CT molecular complexity index is 532. The van der Waals surface area contributed by atoms with Gasteiger partial charge in [-0.3, -0.25) is 9.79 Å². The van der Waals surface area contributed by atoms with Gasteiger partial charge in [-0.25, -0.2) is 4.98 Å². The van der Waals surface area contributed by atoms with Crippen LogP contribution >= 0.6 is 47.1 Å². The van der Waals surface area contributed by atoms with E-state index in [1.165, 1.54) is 29.9 Å². The van der Waals surface area contributed by atoms with Crippen LogP contribution in [-0.4, -0.2) is 54.0 Å². The van der Waals surface area contributed by atoms with E-state index >= 15 is 0 Å². The number of nitrogens with one attached hydrogen (secondary N) is 3. The number of carbonyl (C=O) groups excluding carboxylic acids is 1. The minimum Gasteiger partial charge on any atom is -0.357 e. The molecule has 0 bridgehead atoms. The molecule has 0 saturated carbocycles. The van der Waals surface area contributed by atoms with Gasteiger partial charge < -0.3 is 16.0 Å². The van der Waals surface area contributed by atoms with Crippen molar-refractivity contribution in [2.45, 2.75) is 31.9 Å². The molecule has 0 radical (unpaired) electrons. The van der Waals surface area contributed by atoms with Gasteiger partial charge in [0.15, 0.2) is 5.96 Å². The van der Waals surface area contributed by atoms with Crippen LogP contribution in [0, 0.1) is 6.92 Å². The molecule has 24 heavy (non-hydrogen) atoms. The number of nitrogens with zero attached hydrogens (tertiary/aromatic N) is 2. The van der Waals surface area contributed by atoms with Crippen LogP contribution in [0.25, 0.3) is 0 Å². The number of hydrogen-bond donors (Lipinski definition) is 3. The second-order valence-electron chi connectivity index (χ2n) is 5.30. The topological polar surface area (TPSA) is 78.4 Å². The highest BCUT2D eigenvalue weighted by Gasteiger charge is 2.15. The molecule has 1 aliphatic heterocycles. The van der Waals surface area contributed by atoms with E-state index < -0.39 is 0 Å². The monoisotopic (exact) mass is 483 g/mol. The summed E-state index contributed by atoms with van der Waals surface area (Å²) in [5, 5.41) is 10.1. The molecule has 1 amide bonds. The van der Waals surface area contributed by atoms with E-state index in [4.69, 9.17) is 0 Å². The van der Waals surface area contributed by atoms with Crippen molar-refractivity contribution in [3.8, 4) is 0 Å². The number of halogens is 1. The number of aromatic nitrogens is 1. The van der Waals surface area contributed by atoms with Crippen molar-refractivity contribution in [2.24, 2.45) is 4.99 Å². The number of aliphatic imine (C=N–C) groups is 1. The quantitative estimate of drug-likeness (QED) is 0.240. The highest BCUT2D eigenvalue weighted by atomic mass is 127. The number of thiazole rings is 1. The van der Waals surface area contributed by atoms with Crippen LogP contribution in [0.5, 0.6) is 0 Å². The summed E-state index contributed by atoms with van der Waals surface area (Å²) in [6.45, 7) is 6.78. The third-order valence-corrected chi connectivity index (χ3v) is 5.78. The van der Waals surface area contributed by atoms with Crippen LogP contribution in [0.15, 0.2) is 10.5 Å². The van der Waals surface area contributed by atoms with Gasteiger partial charge in [0, 0.05) is 24.9 Å².